The molecule has 2 aromatic rings. The van der Waals surface area contributed by atoms with Crippen LogP contribution in [0.25, 0.3) is 0 Å². The van der Waals surface area contributed by atoms with E-state index in [0.29, 0.717) is 30.9 Å². The van der Waals surface area contributed by atoms with Crippen LogP contribution in [0.15, 0.2) is 54.6 Å². The van der Waals surface area contributed by atoms with E-state index in [1.54, 1.807) is 24.1 Å². The lowest BCUT2D eigenvalue weighted by atomic mass is 9.80. The van der Waals surface area contributed by atoms with Gasteiger partial charge in [-0.1, -0.05) is 36.4 Å². The standard InChI is InChI=1S/C22H26N2O3/c1-22(21(26)23-15-17-8-4-3-5-9-17)12-7-13-24(16-22)20(25)18-10-6-11-19(14-18)27-2/h3-6,8-11,14H,7,12-13,15-16H2,1-2H3,(H,23,26)/t22-/m0/s1. The zero-order chi connectivity index (χ0) is 19.3. The number of hydrogen-bond donors (Lipinski definition) is 1. The molecule has 3 rings (SSSR count). The molecule has 1 aliphatic rings. The summed E-state index contributed by atoms with van der Waals surface area (Å²) in [6.07, 6.45) is 1.58. The van der Waals surface area contributed by atoms with Crippen LogP contribution in [0.1, 0.15) is 35.7 Å². The second-order valence-corrected chi connectivity index (χ2v) is 7.29. The number of carbonyl (C=O) groups excluding carboxylic acids is 2. The molecule has 1 aliphatic heterocycles. The van der Waals surface area contributed by atoms with Crippen LogP contribution < -0.4 is 10.1 Å². The Hall–Kier alpha value is -2.82. The molecule has 27 heavy (non-hydrogen) atoms. The van der Waals surface area contributed by atoms with Gasteiger partial charge in [0, 0.05) is 25.2 Å². The second kappa shape index (κ2) is 8.25. The molecule has 142 valence electrons. The third kappa shape index (κ3) is 4.48. The normalized spacial score (nSPS) is 19.4. The van der Waals surface area contributed by atoms with Crippen molar-refractivity contribution in [3.8, 4) is 5.75 Å². The highest BCUT2D eigenvalue weighted by Crippen LogP contribution is 2.31. The van der Waals surface area contributed by atoms with Crippen molar-refractivity contribution in [1.29, 1.82) is 0 Å². The van der Waals surface area contributed by atoms with Gasteiger partial charge in [0.1, 0.15) is 5.75 Å². The molecule has 0 unspecified atom stereocenters. The number of rotatable bonds is 5. The molecule has 1 atom stereocenters. The topological polar surface area (TPSA) is 58.6 Å². The molecular weight excluding hydrogens is 340 g/mol. The minimum atomic E-state index is -0.582. The summed E-state index contributed by atoms with van der Waals surface area (Å²) < 4.78 is 5.21. The number of benzene rings is 2. The predicted molar refractivity (Wildman–Crippen MR) is 105 cm³/mol. The molecule has 0 aliphatic carbocycles. The summed E-state index contributed by atoms with van der Waals surface area (Å²) in [5.41, 5.74) is 1.07. The number of amides is 2. The van der Waals surface area contributed by atoms with E-state index in [0.717, 1.165) is 18.4 Å². The molecular formula is C22H26N2O3. The molecule has 0 spiro atoms. The highest BCUT2D eigenvalue weighted by atomic mass is 16.5. The maximum atomic E-state index is 12.9. The maximum Gasteiger partial charge on any atom is 0.254 e. The molecule has 0 aromatic heterocycles. The Bertz CT molecular complexity index is 806. The molecule has 1 saturated heterocycles. The zero-order valence-electron chi connectivity index (χ0n) is 15.9. The van der Waals surface area contributed by atoms with Gasteiger partial charge in [0.2, 0.25) is 5.91 Å². The van der Waals surface area contributed by atoms with Gasteiger partial charge in [-0.15, -0.1) is 0 Å². The number of hydrogen-bond acceptors (Lipinski definition) is 3. The highest BCUT2D eigenvalue weighted by molar-refractivity contribution is 5.95. The van der Waals surface area contributed by atoms with E-state index in [1.165, 1.54) is 0 Å². The average molecular weight is 366 g/mol. The van der Waals surface area contributed by atoms with Gasteiger partial charge >= 0.3 is 0 Å². The molecule has 0 saturated carbocycles. The molecule has 1 N–H and O–H groups in total. The summed E-state index contributed by atoms with van der Waals surface area (Å²) in [7, 11) is 1.58. The van der Waals surface area contributed by atoms with Gasteiger partial charge in [-0.2, -0.15) is 0 Å². The van der Waals surface area contributed by atoms with Crippen molar-refractivity contribution in [2.24, 2.45) is 5.41 Å². The summed E-state index contributed by atoms with van der Waals surface area (Å²) >= 11 is 0. The number of methoxy groups -OCH3 is 1. The van der Waals surface area contributed by atoms with E-state index in [4.69, 9.17) is 4.74 Å². The van der Waals surface area contributed by atoms with Crippen LogP contribution in [-0.2, 0) is 11.3 Å². The fraction of sp³-hybridized carbons (Fsp3) is 0.364. The minimum Gasteiger partial charge on any atom is -0.497 e. The first-order chi connectivity index (χ1) is 13.0. The Morgan fingerprint density at radius 2 is 1.93 bits per heavy atom. The van der Waals surface area contributed by atoms with Crippen LogP contribution >= 0.6 is 0 Å². The Morgan fingerprint density at radius 1 is 1.15 bits per heavy atom. The average Bonchev–Trinajstić information content (AvgIpc) is 2.72. The van der Waals surface area contributed by atoms with E-state index in [2.05, 4.69) is 5.32 Å². The number of nitrogens with one attached hydrogen (secondary N) is 1. The number of likely N-dealkylation sites (tertiary alicyclic amines) is 1. The van der Waals surface area contributed by atoms with Crippen molar-refractivity contribution in [2.75, 3.05) is 20.2 Å². The van der Waals surface area contributed by atoms with Crippen molar-refractivity contribution in [2.45, 2.75) is 26.3 Å². The van der Waals surface area contributed by atoms with E-state index in [1.807, 2.05) is 49.4 Å². The van der Waals surface area contributed by atoms with Crippen molar-refractivity contribution < 1.29 is 14.3 Å². The van der Waals surface area contributed by atoms with E-state index >= 15 is 0 Å². The van der Waals surface area contributed by atoms with Crippen molar-refractivity contribution in [3.63, 3.8) is 0 Å². The highest BCUT2D eigenvalue weighted by Gasteiger charge is 2.39. The molecule has 5 heteroatoms. The van der Waals surface area contributed by atoms with Crippen molar-refractivity contribution >= 4 is 11.8 Å². The first kappa shape index (κ1) is 19.0. The fourth-order valence-electron chi connectivity index (χ4n) is 3.53. The summed E-state index contributed by atoms with van der Waals surface area (Å²) in [5.74, 6) is 0.589. The van der Waals surface area contributed by atoms with Gasteiger partial charge in [0.15, 0.2) is 0 Å². The lowest BCUT2D eigenvalue weighted by molar-refractivity contribution is -0.132. The van der Waals surface area contributed by atoms with Gasteiger partial charge < -0.3 is 15.0 Å². The fourth-order valence-corrected chi connectivity index (χ4v) is 3.53. The Balaban J connectivity index is 1.66. The third-order valence-electron chi connectivity index (χ3n) is 5.14. The lowest BCUT2D eigenvalue weighted by Gasteiger charge is -2.39. The van der Waals surface area contributed by atoms with Crippen LogP contribution in [-0.4, -0.2) is 36.9 Å². The van der Waals surface area contributed by atoms with Crippen LogP contribution in [0.5, 0.6) is 5.75 Å². The SMILES string of the molecule is COc1cccc(C(=O)N2CCC[C@](C)(C(=O)NCc3ccccc3)C2)c1. The smallest absolute Gasteiger partial charge is 0.254 e. The monoisotopic (exact) mass is 366 g/mol. The Labute approximate surface area is 160 Å². The summed E-state index contributed by atoms with van der Waals surface area (Å²) in [6.45, 7) is 3.53. The molecule has 2 aromatic carbocycles. The third-order valence-corrected chi connectivity index (χ3v) is 5.14. The summed E-state index contributed by atoms with van der Waals surface area (Å²) in [5, 5.41) is 3.03. The van der Waals surface area contributed by atoms with Crippen LogP contribution in [0.4, 0.5) is 0 Å². The second-order valence-electron chi connectivity index (χ2n) is 7.29. The Kier molecular flexibility index (Phi) is 5.79. The molecule has 2 amide bonds. The van der Waals surface area contributed by atoms with Gasteiger partial charge in [-0.05, 0) is 43.5 Å². The largest absolute Gasteiger partial charge is 0.497 e. The van der Waals surface area contributed by atoms with Gasteiger partial charge in [0.05, 0.1) is 12.5 Å². The van der Waals surface area contributed by atoms with E-state index in [9.17, 15) is 9.59 Å². The number of ether oxygens (including phenoxy) is 1. The molecule has 1 heterocycles. The molecule has 1 fully saturated rings. The molecule has 5 nitrogen and oxygen atoms in total. The van der Waals surface area contributed by atoms with E-state index < -0.39 is 5.41 Å². The van der Waals surface area contributed by atoms with Gasteiger partial charge in [-0.3, -0.25) is 9.59 Å². The molecule has 0 radical (unpaired) electrons. The summed E-state index contributed by atoms with van der Waals surface area (Å²) in [6, 6.07) is 17.0. The maximum absolute atomic E-state index is 12.9. The zero-order valence-corrected chi connectivity index (χ0v) is 15.9. The van der Waals surface area contributed by atoms with Crippen LogP contribution in [0.3, 0.4) is 0 Å². The van der Waals surface area contributed by atoms with Gasteiger partial charge in [-0.25, -0.2) is 0 Å². The first-order valence-electron chi connectivity index (χ1n) is 9.27. The number of nitrogens with zero attached hydrogens (tertiary/aromatic N) is 1. The quantitative estimate of drug-likeness (QED) is 0.884. The van der Waals surface area contributed by atoms with Gasteiger partial charge in [0.25, 0.3) is 5.91 Å². The van der Waals surface area contributed by atoms with Crippen LogP contribution in [0.2, 0.25) is 0 Å². The van der Waals surface area contributed by atoms with Crippen molar-refractivity contribution in [1.82, 2.24) is 10.2 Å². The summed E-state index contributed by atoms with van der Waals surface area (Å²) in [4.78, 5) is 27.5. The number of carbonyl (C=O) groups is 2. The lowest BCUT2D eigenvalue weighted by Crippen LogP contribution is -2.51. The van der Waals surface area contributed by atoms with Crippen LogP contribution in [0, 0.1) is 5.41 Å². The van der Waals surface area contributed by atoms with Crippen molar-refractivity contribution in [3.05, 3.63) is 65.7 Å². The predicted octanol–water partition coefficient (Wildman–Crippen LogP) is 3.25. The Morgan fingerprint density at radius 3 is 2.67 bits per heavy atom. The van der Waals surface area contributed by atoms with E-state index in [-0.39, 0.29) is 11.8 Å². The minimum absolute atomic E-state index is 0.00510. The first-order valence-corrected chi connectivity index (χ1v) is 9.27. The number of piperidine rings is 1. The molecule has 0 bridgehead atoms.